The molecule has 0 aromatic rings. The van der Waals surface area contributed by atoms with E-state index in [0.29, 0.717) is 6.42 Å². The first kappa shape index (κ1) is 7.43. The van der Waals surface area contributed by atoms with Gasteiger partial charge in [-0.25, -0.2) is 0 Å². The number of thiocarbonyl (C=S) groups is 1. The van der Waals surface area contributed by atoms with Crippen molar-refractivity contribution in [3.63, 3.8) is 0 Å². The van der Waals surface area contributed by atoms with E-state index >= 15 is 0 Å². The molecular weight excluding hydrogens is 116 g/mol. The molecule has 42 valence electrons. The van der Waals surface area contributed by atoms with Crippen molar-refractivity contribution in [2.75, 3.05) is 0 Å². The van der Waals surface area contributed by atoms with Crippen LogP contribution < -0.4 is 0 Å². The van der Waals surface area contributed by atoms with Gasteiger partial charge < -0.3 is 0 Å². The van der Waals surface area contributed by atoms with Crippen LogP contribution >= 0.6 is 12.2 Å². The average molecular weight is 124 g/mol. The smallest absolute Gasteiger partial charge is 0.0380 e. The van der Waals surface area contributed by atoms with Gasteiger partial charge in [0.15, 0.2) is 0 Å². The molecule has 0 nitrogen and oxygen atoms in total. The lowest BCUT2D eigenvalue weighted by Gasteiger charge is -1.87. The molecule has 8 heavy (non-hydrogen) atoms. The Morgan fingerprint density at radius 3 is 2.50 bits per heavy atom. The van der Waals surface area contributed by atoms with Crippen molar-refractivity contribution in [1.29, 1.82) is 0 Å². The summed E-state index contributed by atoms with van der Waals surface area (Å²) in [6, 6.07) is 0. The van der Waals surface area contributed by atoms with Gasteiger partial charge in [-0.3, -0.25) is 0 Å². The van der Waals surface area contributed by atoms with Crippen LogP contribution in [0.1, 0.15) is 19.8 Å². The van der Waals surface area contributed by atoms with Gasteiger partial charge in [-0.2, -0.15) is 0 Å². The molecular formula is C7H8S. The van der Waals surface area contributed by atoms with E-state index in [0.717, 1.165) is 12.0 Å². The lowest BCUT2D eigenvalue weighted by Crippen LogP contribution is -1.76. The minimum Gasteiger partial charge on any atom is -0.120 e. The van der Waals surface area contributed by atoms with Crippen LogP contribution in [0.5, 0.6) is 0 Å². The number of hydrogen-bond donors (Lipinski definition) is 0. The van der Waals surface area contributed by atoms with Crippen molar-refractivity contribution in [3.05, 3.63) is 5.57 Å². The number of terminal acetylenes is 1. The molecule has 0 atom stereocenters. The summed E-state index contributed by atoms with van der Waals surface area (Å²) in [5, 5.41) is 2.61. The summed E-state index contributed by atoms with van der Waals surface area (Å²) in [4.78, 5) is 0. The van der Waals surface area contributed by atoms with Crippen LogP contribution in [0.15, 0.2) is 5.57 Å². The molecule has 0 N–H and O–H groups in total. The Morgan fingerprint density at radius 2 is 2.38 bits per heavy atom. The standard InChI is InChI=1S/C7H8S/c1-3-5-7(4-2)6-8/h1H,4-5H2,2H3. The molecule has 0 fully saturated rings. The van der Waals surface area contributed by atoms with E-state index in [1.54, 1.807) is 0 Å². The molecule has 0 aliphatic carbocycles. The minimum atomic E-state index is 0.653. The predicted octanol–water partition coefficient (Wildman–Crippen LogP) is 1.94. The SMILES string of the molecule is C#CCC(=C=S)CC. The highest BCUT2D eigenvalue weighted by Crippen LogP contribution is 1.98. The van der Waals surface area contributed by atoms with E-state index in [1.807, 2.05) is 6.92 Å². The molecule has 0 saturated heterocycles. The van der Waals surface area contributed by atoms with E-state index in [2.05, 4.69) is 23.2 Å². The van der Waals surface area contributed by atoms with Gasteiger partial charge in [0.1, 0.15) is 0 Å². The third kappa shape index (κ3) is 2.58. The van der Waals surface area contributed by atoms with Crippen LogP contribution in [0.4, 0.5) is 0 Å². The summed E-state index contributed by atoms with van der Waals surface area (Å²) < 4.78 is 0. The van der Waals surface area contributed by atoms with Crippen molar-refractivity contribution in [1.82, 2.24) is 0 Å². The second-order valence-electron chi connectivity index (χ2n) is 1.44. The summed E-state index contributed by atoms with van der Waals surface area (Å²) in [7, 11) is 0. The van der Waals surface area contributed by atoms with Crippen LogP contribution in [0.25, 0.3) is 0 Å². The molecule has 0 spiro atoms. The quantitative estimate of drug-likeness (QED) is 0.400. The van der Waals surface area contributed by atoms with Gasteiger partial charge in [0.05, 0.1) is 0 Å². The summed E-state index contributed by atoms with van der Waals surface area (Å²) in [6.45, 7) is 2.02. The van der Waals surface area contributed by atoms with Gasteiger partial charge in [-0.05, 0) is 29.2 Å². The van der Waals surface area contributed by atoms with Crippen LogP contribution in [-0.2, 0) is 0 Å². The second kappa shape index (κ2) is 4.59. The normalized spacial score (nSPS) is 7.00. The number of hydrogen-bond acceptors (Lipinski definition) is 1. The van der Waals surface area contributed by atoms with E-state index in [1.165, 1.54) is 0 Å². The molecule has 0 aromatic heterocycles. The maximum absolute atomic E-state index is 5.02. The number of allylic oxidation sites excluding steroid dienone is 1. The largest absolute Gasteiger partial charge is 0.120 e. The molecule has 0 amide bonds. The van der Waals surface area contributed by atoms with Crippen LogP contribution in [0.3, 0.4) is 0 Å². The Hall–Kier alpha value is -0.570. The van der Waals surface area contributed by atoms with Crippen molar-refractivity contribution < 1.29 is 0 Å². The van der Waals surface area contributed by atoms with Crippen LogP contribution in [0.2, 0.25) is 0 Å². The van der Waals surface area contributed by atoms with E-state index in [4.69, 9.17) is 6.42 Å². The molecule has 0 heterocycles. The summed E-state index contributed by atoms with van der Waals surface area (Å²) >= 11 is 4.56. The maximum atomic E-state index is 5.02. The second-order valence-corrected chi connectivity index (χ2v) is 1.64. The summed E-state index contributed by atoms with van der Waals surface area (Å²) in [5.41, 5.74) is 1.04. The Labute approximate surface area is 55.6 Å². The van der Waals surface area contributed by atoms with Gasteiger partial charge in [-0.15, -0.1) is 12.3 Å². The lowest BCUT2D eigenvalue weighted by molar-refractivity contribution is 1.07. The van der Waals surface area contributed by atoms with E-state index < -0.39 is 0 Å². The molecule has 0 rings (SSSR count). The van der Waals surface area contributed by atoms with Crippen molar-refractivity contribution in [2.24, 2.45) is 0 Å². The van der Waals surface area contributed by atoms with Gasteiger partial charge in [0, 0.05) is 6.42 Å². The zero-order valence-corrected chi connectivity index (χ0v) is 5.72. The van der Waals surface area contributed by atoms with Crippen molar-refractivity contribution >= 4 is 17.2 Å². The first-order valence-corrected chi connectivity index (χ1v) is 2.92. The molecule has 1 heteroatoms. The molecule has 0 aliphatic heterocycles. The van der Waals surface area contributed by atoms with E-state index in [9.17, 15) is 0 Å². The van der Waals surface area contributed by atoms with Crippen LogP contribution in [-0.4, -0.2) is 5.02 Å². The molecule has 0 aromatic carbocycles. The van der Waals surface area contributed by atoms with Crippen LogP contribution in [0, 0.1) is 12.3 Å². The summed E-state index contributed by atoms with van der Waals surface area (Å²) in [5.74, 6) is 2.50. The fourth-order valence-electron chi connectivity index (χ4n) is 0.356. The summed E-state index contributed by atoms with van der Waals surface area (Å²) in [6.07, 6.45) is 6.60. The van der Waals surface area contributed by atoms with Crippen molar-refractivity contribution in [2.45, 2.75) is 19.8 Å². The highest BCUT2D eigenvalue weighted by atomic mass is 32.1. The molecule has 0 unspecified atom stereocenters. The first-order chi connectivity index (χ1) is 3.85. The average Bonchev–Trinajstić information content (AvgIpc) is 1.83. The Morgan fingerprint density at radius 1 is 1.75 bits per heavy atom. The third-order valence-corrected chi connectivity index (χ3v) is 1.18. The fourth-order valence-corrected chi connectivity index (χ4v) is 0.573. The Bertz CT molecular complexity index is 144. The first-order valence-electron chi connectivity index (χ1n) is 2.51. The van der Waals surface area contributed by atoms with Gasteiger partial charge in [-0.1, -0.05) is 6.92 Å². The number of rotatable bonds is 2. The highest BCUT2D eigenvalue weighted by Gasteiger charge is 1.85. The van der Waals surface area contributed by atoms with Gasteiger partial charge in [0.2, 0.25) is 0 Å². The van der Waals surface area contributed by atoms with Gasteiger partial charge >= 0.3 is 0 Å². The monoisotopic (exact) mass is 124 g/mol. The molecule has 0 radical (unpaired) electrons. The molecule has 0 saturated carbocycles. The third-order valence-electron chi connectivity index (χ3n) is 0.887. The highest BCUT2D eigenvalue weighted by molar-refractivity contribution is 7.78. The Balaban J connectivity index is 3.78. The molecule has 0 bridgehead atoms. The lowest BCUT2D eigenvalue weighted by atomic mass is 10.2. The zero-order chi connectivity index (χ0) is 6.41. The molecule has 0 aliphatic rings. The maximum Gasteiger partial charge on any atom is 0.0380 e. The van der Waals surface area contributed by atoms with Crippen molar-refractivity contribution in [3.8, 4) is 12.3 Å². The fraction of sp³-hybridized carbons (Fsp3) is 0.429. The Kier molecular flexibility index (Phi) is 4.26. The van der Waals surface area contributed by atoms with Gasteiger partial charge in [0.25, 0.3) is 0 Å². The predicted molar refractivity (Wildman–Crippen MR) is 39.9 cm³/mol. The topological polar surface area (TPSA) is 0 Å². The minimum absolute atomic E-state index is 0.653. The van der Waals surface area contributed by atoms with E-state index in [-0.39, 0.29) is 0 Å². The zero-order valence-electron chi connectivity index (χ0n) is 4.90.